The smallest absolute Gasteiger partial charge is 0.184 e. The quantitative estimate of drug-likeness (QED) is 0.827. The summed E-state index contributed by atoms with van der Waals surface area (Å²) in [6, 6.07) is 5.81. The Morgan fingerprint density at radius 3 is 2.89 bits per heavy atom. The summed E-state index contributed by atoms with van der Waals surface area (Å²) in [7, 11) is 1.66. The van der Waals surface area contributed by atoms with Gasteiger partial charge >= 0.3 is 0 Å². The molecule has 0 spiro atoms. The van der Waals surface area contributed by atoms with E-state index < -0.39 is 0 Å². The molecule has 0 bridgehead atoms. The first-order chi connectivity index (χ1) is 8.65. The topological polar surface area (TPSA) is 78.8 Å². The minimum Gasteiger partial charge on any atom is -0.398 e. The van der Waals surface area contributed by atoms with Gasteiger partial charge < -0.3 is 10.5 Å². The molecule has 0 saturated heterocycles. The van der Waals surface area contributed by atoms with Gasteiger partial charge in [0.25, 0.3) is 0 Å². The zero-order valence-electron chi connectivity index (χ0n) is 10.8. The van der Waals surface area contributed by atoms with Crippen LogP contribution in [-0.4, -0.2) is 33.9 Å². The molecular weight excluding hydrogens is 230 g/mol. The molecule has 0 amide bonds. The van der Waals surface area contributed by atoms with E-state index >= 15 is 0 Å². The van der Waals surface area contributed by atoms with E-state index in [4.69, 9.17) is 10.5 Å². The Kier molecular flexibility index (Phi) is 3.57. The summed E-state index contributed by atoms with van der Waals surface area (Å²) < 4.78 is 6.87. The molecular formula is C12H17N5O. The third-order valence-electron chi connectivity index (χ3n) is 2.85. The van der Waals surface area contributed by atoms with Crippen LogP contribution >= 0.6 is 0 Å². The van der Waals surface area contributed by atoms with Crippen molar-refractivity contribution >= 4 is 5.69 Å². The Labute approximate surface area is 106 Å². The second kappa shape index (κ2) is 5.14. The van der Waals surface area contributed by atoms with Crippen LogP contribution in [0.25, 0.3) is 11.4 Å². The normalized spacial score (nSPS) is 12.6. The van der Waals surface area contributed by atoms with E-state index in [9.17, 15) is 0 Å². The monoisotopic (exact) mass is 247 g/mol. The highest BCUT2D eigenvalue weighted by molar-refractivity contribution is 5.74. The van der Waals surface area contributed by atoms with E-state index in [0.717, 1.165) is 11.1 Å². The number of methoxy groups -OCH3 is 1. The maximum absolute atomic E-state index is 6.02. The summed E-state index contributed by atoms with van der Waals surface area (Å²) in [5, 5.41) is 11.8. The number of ether oxygens (including phenoxy) is 1. The van der Waals surface area contributed by atoms with Gasteiger partial charge in [0.2, 0.25) is 0 Å². The Bertz CT molecular complexity index is 517. The molecule has 0 radical (unpaired) electrons. The average molecular weight is 247 g/mol. The van der Waals surface area contributed by atoms with Gasteiger partial charge in [-0.2, -0.15) is 0 Å². The van der Waals surface area contributed by atoms with Crippen LogP contribution in [0.5, 0.6) is 0 Å². The fraction of sp³-hybridized carbons (Fsp3) is 0.417. The van der Waals surface area contributed by atoms with Crippen LogP contribution in [0.4, 0.5) is 5.69 Å². The first-order valence-electron chi connectivity index (χ1n) is 5.77. The van der Waals surface area contributed by atoms with Crippen LogP contribution in [0.15, 0.2) is 18.2 Å². The number of aryl methyl sites for hydroxylation is 1. The molecule has 0 aliphatic carbocycles. The van der Waals surface area contributed by atoms with Crippen molar-refractivity contribution in [2.45, 2.75) is 19.9 Å². The predicted octanol–water partition coefficient (Wildman–Crippen LogP) is 1.44. The number of hydrogen-bond donors (Lipinski definition) is 1. The van der Waals surface area contributed by atoms with Crippen LogP contribution in [0, 0.1) is 6.92 Å². The lowest BCUT2D eigenvalue weighted by Crippen LogP contribution is -2.14. The molecule has 0 fully saturated rings. The van der Waals surface area contributed by atoms with Gasteiger partial charge in [-0.3, -0.25) is 0 Å². The van der Waals surface area contributed by atoms with Gasteiger partial charge in [0.05, 0.1) is 12.6 Å². The molecule has 96 valence electrons. The highest BCUT2D eigenvalue weighted by Crippen LogP contribution is 2.28. The van der Waals surface area contributed by atoms with Gasteiger partial charge in [-0.25, -0.2) is 4.68 Å². The second-order valence-electron chi connectivity index (χ2n) is 4.29. The van der Waals surface area contributed by atoms with Gasteiger partial charge in [0, 0.05) is 18.4 Å². The van der Waals surface area contributed by atoms with E-state index in [1.54, 1.807) is 11.8 Å². The van der Waals surface area contributed by atoms with Crippen molar-refractivity contribution in [1.29, 1.82) is 0 Å². The molecule has 1 aromatic carbocycles. The number of anilines is 1. The van der Waals surface area contributed by atoms with E-state index in [0.29, 0.717) is 18.1 Å². The number of nitrogen functional groups attached to an aromatic ring is 1. The lowest BCUT2D eigenvalue weighted by Gasteiger charge is -2.14. The number of benzene rings is 1. The molecule has 6 heteroatoms. The summed E-state index contributed by atoms with van der Waals surface area (Å²) in [4.78, 5) is 0. The number of tetrazole rings is 1. The van der Waals surface area contributed by atoms with Crippen molar-refractivity contribution in [3.8, 4) is 11.4 Å². The van der Waals surface area contributed by atoms with E-state index in [1.807, 2.05) is 32.0 Å². The molecule has 1 aromatic heterocycles. The van der Waals surface area contributed by atoms with Crippen LogP contribution in [0.1, 0.15) is 18.5 Å². The molecule has 2 aromatic rings. The number of hydrogen-bond acceptors (Lipinski definition) is 5. The Morgan fingerprint density at radius 2 is 2.22 bits per heavy atom. The van der Waals surface area contributed by atoms with Crippen LogP contribution in [-0.2, 0) is 4.74 Å². The molecule has 2 rings (SSSR count). The van der Waals surface area contributed by atoms with Crippen molar-refractivity contribution in [2.75, 3.05) is 19.5 Å². The van der Waals surface area contributed by atoms with E-state index in [2.05, 4.69) is 15.5 Å². The van der Waals surface area contributed by atoms with Gasteiger partial charge in [-0.1, -0.05) is 12.1 Å². The van der Waals surface area contributed by atoms with Gasteiger partial charge in [0.15, 0.2) is 5.82 Å². The molecule has 1 atom stereocenters. The maximum atomic E-state index is 6.02. The highest BCUT2D eigenvalue weighted by Gasteiger charge is 2.17. The van der Waals surface area contributed by atoms with Crippen molar-refractivity contribution in [3.63, 3.8) is 0 Å². The number of nitrogens with two attached hydrogens (primary N) is 1. The summed E-state index contributed by atoms with van der Waals surface area (Å²) in [6.45, 7) is 4.54. The molecule has 0 saturated carbocycles. The zero-order valence-corrected chi connectivity index (χ0v) is 10.8. The lowest BCUT2D eigenvalue weighted by atomic mass is 10.1. The van der Waals surface area contributed by atoms with Crippen LogP contribution < -0.4 is 5.73 Å². The predicted molar refractivity (Wildman–Crippen MR) is 69.0 cm³/mol. The van der Waals surface area contributed by atoms with Crippen LogP contribution in [0.2, 0.25) is 0 Å². The van der Waals surface area contributed by atoms with Crippen molar-refractivity contribution < 1.29 is 4.74 Å². The summed E-state index contributed by atoms with van der Waals surface area (Å²) in [6.07, 6.45) is 0. The Balaban J connectivity index is 2.49. The lowest BCUT2D eigenvalue weighted by molar-refractivity contribution is 0.156. The number of nitrogens with zero attached hydrogens (tertiary/aromatic N) is 4. The summed E-state index contributed by atoms with van der Waals surface area (Å²) >= 11 is 0. The molecule has 2 N–H and O–H groups in total. The molecule has 0 aliphatic heterocycles. The largest absolute Gasteiger partial charge is 0.398 e. The summed E-state index contributed by atoms with van der Waals surface area (Å²) in [5.41, 5.74) is 8.62. The molecule has 1 heterocycles. The SMILES string of the molecule is COCC(C)n1nnnc1-c1c(C)cccc1N. The van der Waals surface area contributed by atoms with Gasteiger partial charge in [-0.15, -0.1) is 5.10 Å². The van der Waals surface area contributed by atoms with E-state index in [-0.39, 0.29) is 6.04 Å². The fourth-order valence-electron chi connectivity index (χ4n) is 1.96. The summed E-state index contributed by atoms with van der Waals surface area (Å²) in [5.74, 6) is 0.676. The number of rotatable bonds is 4. The van der Waals surface area contributed by atoms with Crippen molar-refractivity contribution in [1.82, 2.24) is 20.2 Å². The second-order valence-corrected chi connectivity index (χ2v) is 4.29. The van der Waals surface area contributed by atoms with Crippen molar-refractivity contribution in [3.05, 3.63) is 23.8 Å². The number of aromatic nitrogens is 4. The highest BCUT2D eigenvalue weighted by atomic mass is 16.5. The zero-order chi connectivity index (χ0) is 13.1. The first-order valence-corrected chi connectivity index (χ1v) is 5.77. The molecule has 1 unspecified atom stereocenters. The van der Waals surface area contributed by atoms with Gasteiger partial charge in [-0.05, 0) is 35.9 Å². The van der Waals surface area contributed by atoms with Gasteiger partial charge in [0.1, 0.15) is 0 Å². The minimum atomic E-state index is 0.0546. The first kappa shape index (κ1) is 12.5. The van der Waals surface area contributed by atoms with Crippen molar-refractivity contribution in [2.24, 2.45) is 0 Å². The average Bonchev–Trinajstić information content (AvgIpc) is 2.78. The molecule has 18 heavy (non-hydrogen) atoms. The van der Waals surface area contributed by atoms with Crippen LogP contribution in [0.3, 0.4) is 0 Å². The molecule has 0 aliphatic rings. The third kappa shape index (κ3) is 2.19. The Morgan fingerprint density at radius 1 is 1.44 bits per heavy atom. The van der Waals surface area contributed by atoms with E-state index in [1.165, 1.54) is 0 Å². The standard InChI is InChI=1S/C12H17N5O/c1-8-5-4-6-10(13)11(8)12-14-15-16-17(12)9(2)7-18-3/h4-6,9H,7,13H2,1-3H3. The molecule has 6 nitrogen and oxygen atoms in total. The Hall–Kier alpha value is -1.95. The minimum absolute atomic E-state index is 0.0546. The maximum Gasteiger partial charge on any atom is 0.184 e. The fourth-order valence-corrected chi connectivity index (χ4v) is 1.96. The third-order valence-corrected chi connectivity index (χ3v) is 2.85.